The van der Waals surface area contributed by atoms with Crippen LogP contribution in [0.4, 0.5) is 0 Å². The van der Waals surface area contributed by atoms with E-state index in [9.17, 15) is 15.0 Å². The average molecular weight is 291 g/mol. The Morgan fingerprint density at radius 1 is 1.43 bits per heavy atom. The highest BCUT2D eigenvalue weighted by Crippen LogP contribution is 2.17. The van der Waals surface area contributed by atoms with Gasteiger partial charge in [-0.05, 0) is 57.2 Å². The van der Waals surface area contributed by atoms with Gasteiger partial charge >= 0.3 is 0 Å². The second-order valence-corrected chi connectivity index (χ2v) is 6.56. The molecule has 1 amide bonds. The molecule has 0 aliphatic carbocycles. The molecule has 1 atom stereocenters. The zero-order valence-corrected chi connectivity index (χ0v) is 12.9. The first-order valence-electron chi connectivity index (χ1n) is 7.64. The van der Waals surface area contributed by atoms with E-state index >= 15 is 0 Å². The molecular weight excluding hydrogens is 266 g/mol. The van der Waals surface area contributed by atoms with Gasteiger partial charge in [-0.15, -0.1) is 0 Å². The van der Waals surface area contributed by atoms with Gasteiger partial charge in [0.05, 0.1) is 11.7 Å². The number of benzene rings is 1. The number of amides is 1. The van der Waals surface area contributed by atoms with Crippen molar-refractivity contribution in [3.8, 4) is 0 Å². The second kappa shape index (κ2) is 6.58. The molecule has 0 aromatic heterocycles. The number of rotatable bonds is 4. The van der Waals surface area contributed by atoms with E-state index in [1.807, 2.05) is 24.3 Å². The minimum atomic E-state index is -0.697. The van der Waals surface area contributed by atoms with Crippen LogP contribution in [0.25, 0.3) is 0 Å². The summed E-state index contributed by atoms with van der Waals surface area (Å²) in [5, 5.41) is 19.5. The van der Waals surface area contributed by atoms with Crippen molar-refractivity contribution in [1.29, 1.82) is 0 Å². The van der Waals surface area contributed by atoms with Crippen LogP contribution in [-0.2, 0) is 6.42 Å². The largest absolute Gasteiger partial charge is 0.391 e. The van der Waals surface area contributed by atoms with E-state index in [-0.39, 0.29) is 5.91 Å². The van der Waals surface area contributed by atoms with Gasteiger partial charge in [-0.2, -0.15) is 0 Å². The quantitative estimate of drug-likeness (QED) is 0.892. The maximum absolute atomic E-state index is 12.5. The molecule has 2 rings (SSSR count). The molecule has 0 bridgehead atoms. The lowest BCUT2D eigenvalue weighted by atomic mass is 9.97. The number of nitrogens with zero attached hydrogens (tertiary/aromatic N) is 1. The van der Waals surface area contributed by atoms with Crippen LogP contribution in [0.5, 0.6) is 0 Å². The fourth-order valence-corrected chi connectivity index (χ4v) is 2.63. The summed E-state index contributed by atoms with van der Waals surface area (Å²) in [6, 6.07) is 7.58. The lowest BCUT2D eigenvalue weighted by Crippen LogP contribution is -2.42. The smallest absolute Gasteiger partial charge is 0.253 e. The van der Waals surface area contributed by atoms with Crippen molar-refractivity contribution in [3.63, 3.8) is 0 Å². The SMILES string of the molecule is CC(C)(O)CCc1cccc(C(=O)N2CCC[C@@H](O)C2)c1. The summed E-state index contributed by atoms with van der Waals surface area (Å²) in [7, 11) is 0. The molecule has 4 nitrogen and oxygen atoms in total. The molecular formula is C17H25NO3. The Morgan fingerprint density at radius 2 is 2.19 bits per heavy atom. The normalized spacial score (nSPS) is 19.6. The third kappa shape index (κ3) is 4.83. The number of aliphatic hydroxyl groups excluding tert-OH is 1. The Labute approximate surface area is 126 Å². The minimum Gasteiger partial charge on any atom is -0.391 e. The first-order chi connectivity index (χ1) is 9.85. The van der Waals surface area contributed by atoms with Crippen LogP contribution in [0.1, 0.15) is 49.0 Å². The van der Waals surface area contributed by atoms with Crippen LogP contribution in [-0.4, -0.2) is 45.8 Å². The van der Waals surface area contributed by atoms with Crippen molar-refractivity contribution in [2.45, 2.75) is 51.2 Å². The highest BCUT2D eigenvalue weighted by Gasteiger charge is 2.23. The first kappa shape index (κ1) is 16.0. The molecule has 0 saturated carbocycles. The van der Waals surface area contributed by atoms with E-state index in [2.05, 4.69) is 0 Å². The number of likely N-dealkylation sites (tertiary alicyclic amines) is 1. The van der Waals surface area contributed by atoms with Crippen LogP contribution in [0.2, 0.25) is 0 Å². The van der Waals surface area contributed by atoms with Gasteiger partial charge in [0.25, 0.3) is 5.91 Å². The molecule has 2 N–H and O–H groups in total. The molecule has 116 valence electrons. The Bertz CT molecular complexity index is 493. The molecule has 1 saturated heterocycles. The Hall–Kier alpha value is -1.39. The van der Waals surface area contributed by atoms with Gasteiger partial charge in [-0.25, -0.2) is 0 Å². The Morgan fingerprint density at radius 3 is 2.86 bits per heavy atom. The third-order valence-electron chi connectivity index (χ3n) is 3.88. The number of hydrogen-bond donors (Lipinski definition) is 2. The highest BCUT2D eigenvalue weighted by molar-refractivity contribution is 5.94. The Kier molecular flexibility index (Phi) is 5.01. The van der Waals surface area contributed by atoms with E-state index in [1.165, 1.54) is 0 Å². The van der Waals surface area contributed by atoms with Crippen molar-refractivity contribution < 1.29 is 15.0 Å². The zero-order chi connectivity index (χ0) is 15.5. The molecule has 0 unspecified atom stereocenters. The van der Waals surface area contributed by atoms with Crippen LogP contribution in [0, 0.1) is 0 Å². The number of aryl methyl sites for hydroxylation is 1. The average Bonchev–Trinajstić information content (AvgIpc) is 2.44. The summed E-state index contributed by atoms with van der Waals surface area (Å²) >= 11 is 0. The lowest BCUT2D eigenvalue weighted by Gasteiger charge is -2.30. The zero-order valence-electron chi connectivity index (χ0n) is 12.9. The second-order valence-electron chi connectivity index (χ2n) is 6.56. The summed E-state index contributed by atoms with van der Waals surface area (Å²) < 4.78 is 0. The van der Waals surface area contributed by atoms with Gasteiger partial charge < -0.3 is 15.1 Å². The minimum absolute atomic E-state index is 0.0149. The number of aliphatic hydroxyl groups is 2. The highest BCUT2D eigenvalue weighted by atomic mass is 16.3. The molecule has 1 aromatic carbocycles. The summed E-state index contributed by atoms with van der Waals surface area (Å²) in [5.74, 6) is -0.0149. The first-order valence-corrected chi connectivity index (χ1v) is 7.64. The van der Waals surface area contributed by atoms with Crippen molar-refractivity contribution in [2.75, 3.05) is 13.1 Å². The predicted octanol–water partition coefficient (Wildman–Crippen LogP) is 1.99. The molecule has 1 aliphatic rings. The van der Waals surface area contributed by atoms with Crippen molar-refractivity contribution >= 4 is 5.91 Å². The predicted molar refractivity (Wildman–Crippen MR) is 82.2 cm³/mol. The molecule has 1 aromatic rings. The Balaban J connectivity index is 2.04. The van der Waals surface area contributed by atoms with Gasteiger partial charge in [0.2, 0.25) is 0 Å². The number of carbonyl (C=O) groups is 1. The van der Waals surface area contributed by atoms with Crippen molar-refractivity contribution in [1.82, 2.24) is 4.90 Å². The van der Waals surface area contributed by atoms with Crippen LogP contribution in [0.3, 0.4) is 0 Å². The maximum Gasteiger partial charge on any atom is 0.253 e. The van der Waals surface area contributed by atoms with Gasteiger partial charge in [-0.1, -0.05) is 12.1 Å². The topological polar surface area (TPSA) is 60.8 Å². The summed E-state index contributed by atoms with van der Waals surface area (Å²) in [6.45, 7) is 4.71. The number of hydrogen-bond acceptors (Lipinski definition) is 3. The third-order valence-corrected chi connectivity index (χ3v) is 3.88. The van der Waals surface area contributed by atoms with Crippen molar-refractivity contribution in [2.24, 2.45) is 0 Å². The molecule has 0 radical (unpaired) electrons. The van der Waals surface area contributed by atoms with Crippen LogP contribution >= 0.6 is 0 Å². The maximum atomic E-state index is 12.5. The van der Waals surface area contributed by atoms with Crippen molar-refractivity contribution in [3.05, 3.63) is 35.4 Å². The number of β-amino-alcohol motifs (C(OH)–C–C–N with tert-alkyl or cyclic N) is 1. The van der Waals surface area contributed by atoms with E-state index < -0.39 is 11.7 Å². The van der Waals surface area contributed by atoms with Gasteiger partial charge in [0.1, 0.15) is 0 Å². The molecule has 21 heavy (non-hydrogen) atoms. The molecule has 1 heterocycles. The summed E-state index contributed by atoms with van der Waals surface area (Å²) in [5.41, 5.74) is 1.02. The van der Waals surface area contributed by atoms with E-state index in [0.29, 0.717) is 25.1 Å². The monoisotopic (exact) mass is 291 g/mol. The number of carbonyl (C=O) groups excluding carboxylic acids is 1. The van der Waals surface area contributed by atoms with Crippen LogP contribution in [0.15, 0.2) is 24.3 Å². The van der Waals surface area contributed by atoms with Gasteiger partial charge in [-0.3, -0.25) is 4.79 Å². The van der Waals surface area contributed by atoms with Gasteiger partial charge in [0.15, 0.2) is 0 Å². The number of piperidine rings is 1. The summed E-state index contributed by atoms with van der Waals surface area (Å²) in [6.07, 6.45) is 2.63. The molecule has 1 fully saturated rings. The fraction of sp³-hybridized carbons (Fsp3) is 0.588. The fourth-order valence-electron chi connectivity index (χ4n) is 2.63. The van der Waals surface area contributed by atoms with E-state index in [0.717, 1.165) is 24.8 Å². The summed E-state index contributed by atoms with van der Waals surface area (Å²) in [4.78, 5) is 14.2. The molecule has 1 aliphatic heterocycles. The van der Waals surface area contributed by atoms with E-state index in [4.69, 9.17) is 0 Å². The van der Waals surface area contributed by atoms with Crippen LogP contribution < -0.4 is 0 Å². The molecule has 0 spiro atoms. The molecule has 4 heteroatoms. The van der Waals surface area contributed by atoms with Gasteiger partial charge in [0, 0.05) is 18.7 Å². The van der Waals surface area contributed by atoms with E-state index in [1.54, 1.807) is 18.7 Å². The lowest BCUT2D eigenvalue weighted by molar-refractivity contribution is 0.0473. The standard InChI is InChI=1S/C17H25NO3/c1-17(2,21)9-8-13-5-3-6-14(11-13)16(20)18-10-4-7-15(19)12-18/h3,5-6,11,15,19,21H,4,7-10,12H2,1-2H3/t15-/m1/s1.